The molecule has 4 heteroatoms. The summed E-state index contributed by atoms with van der Waals surface area (Å²) in [6.45, 7) is 2.29. The summed E-state index contributed by atoms with van der Waals surface area (Å²) in [4.78, 5) is 0. The van der Waals surface area contributed by atoms with Crippen molar-refractivity contribution in [3.05, 3.63) is 71.3 Å². The molecular formula is C16H17F2NO. The van der Waals surface area contributed by atoms with Gasteiger partial charge in [0.25, 0.3) is 0 Å². The lowest BCUT2D eigenvalue weighted by molar-refractivity contribution is 0.131. The van der Waals surface area contributed by atoms with Crippen LogP contribution in [-0.4, -0.2) is 11.1 Å². The molecule has 0 aliphatic carbocycles. The van der Waals surface area contributed by atoms with Gasteiger partial charge in [-0.2, -0.15) is 0 Å². The van der Waals surface area contributed by atoms with Gasteiger partial charge in [0.2, 0.25) is 0 Å². The molecule has 2 N–H and O–H groups in total. The van der Waals surface area contributed by atoms with Crippen molar-refractivity contribution >= 4 is 0 Å². The van der Waals surface area contributed by atoms with E-state index in [2.05, 4.69) is 5.32 Å². The van der Waals surface area contributed by atoms with Gasteiger partial charge < -0.3 is 10.4 Å². The second kappa shape index (κ2) is 6.59. The van der Waals surface area contributed by atoms with Crippen LogP contribution < -0.4 is 5.32 Å². The van der Waals surface area contributed by atoms with Gasteiger partial charge in [-0.25, -0.2) is 8.78 Å². The molecule has 2 nitrogen and oxygen atoms in total. The largest absolute Gasteiger partial charge is 0.387 e. The summed E-state index contributed by atoms with van der Waals surface area (Å²) in [5.41, 5.74) is 1.03. The highest BCUT2D eigenvalue weighted by molar-refractivity contribution is 5.22. The Morgan fingerprint density at radius 3 is 2.50 bits per heavy atom. The van der Waals surface area contributed by atoms with Crippen molar-refractivity contribution in [1.82, 2.24) is 5.32 Å². The maximum Gasteiger partial charge on any atom is 0.129 e. The Hall–Kier alpha value is -1.78. The van der Waals surface area contributed by atoms with E-state index in [1.807, 2.05) is 30.3 Å². The van der Waals surface area contributed by atoms with Gasteiger partial charge in [0.05, 0.1) is 6.10 Å². The van der Waals surface area contributed by atoms with Crippen molar-refractivity contribution in [2.24, 2.45) is 0 Å². The Morgan fingerprint density at radius 1 is 1.10 bits per heavy atom. The van der Waals surface area contributed by atoms with Crippen molar-refractivity contribution in [2.75, 3.05) is 0 Å². The lowest BCUT2D eigenvalue weighted by Gasteiger charge is -2.21. The van der Waals surface area contributed by atoms with Gasteiger partial charge >= 0.3 is 0 Å². The van der Waals surface area contributed by atoms with Crippen LogP contribution in [0.1, 0.15) is 24.2 Å². The SMILES string of the molecule is CC(NCc1ccccc1)C(O)c1cc(F)ccc1F. The number of benzene rings is 2. The highest BCUT2D eigenvalue weighted by atomic mass is 19.1. The van der Waals surface area contributed by atoms with E-state index in [0.717, 1.165) is 23.8 Å². The first-order chi connectivity index (χ1) is 9.58. The van der Waals surface area contributed by atoms with Crippen molar-refractivity contribution in [3.8, 4) is 0 Å². The molecule has 0 spiro atoms. The summed E-state index contributed by atoms with van der Waals surface area (Å²) >= 11 is 0. The van der Waals surface area contributed by atoms with Crippen molar-refractivity contribution < 1.29 is 13.9 Å². The number of rotatable bonds is 5. The van der Waals surface area contributed by atoms with Crippen LogP contribution in [0.5, 0.6) is 0 Å². The summed E-state index contributed by atoms with van der Waals surface area (Å²) in [5.74, 6) is -1.16. The first kappa shape index (κ1) is 14.6. The molecule has 0 aliphatic rings. The van der Waals surface area contributed by atoms with Gasteiger partial charge in [0.1, 0.15) is 11.6 Å². The molecule has 0 saturated carbocycles. The summed E-state index contributed by atoms with van der Waals surface area (Å²) in [7, 11) is 0. The van der Waals surface area contributed by atoms with Crippen LogP contribution in [-0.2, 0) is 6.54 Å². The lowest BCUT2D eigenvalue weighted by atomic mass is 10.0. The molecule has 2 aromatic rings. The Labute approximate surface area is 117 Å². The van der Waals surface area contributed by atoms with Crippen LogP contribution >= 0.6 is 0 Å². The van der Waals surface area contributed by atoms with Crippen LogP contribution in [0.4, 0.5) is 8.78 Å². The predicted molar refractivity (Wildman–Crippen MR) is 74.1 cm³/mol. The zero-order valence-electron chi connectivity index (χ0n) is 11.2. The first-order valence-electron chi connectivity index (χ1n) is 6.48. The molecule has 0 bridgehead atoms. The Balaban J connectivity index is 2.01. The maximum absolute atomic E-state index is 13.6. The molecule has 0 radical (unpaired) electrons. The third-order valence-corrected chi connectivity index (χ3v) is 3.22. The highest BCUT2D eigenvalue weighted by Gasteiger charge is 2.20. The average molecular weight is 277 g/mol. The molecule has 0 aliphatic heterocycles. The quantitative estimate of drug-likeness (QED) is 0.879. The minimum atomic E-state index is -1.10. The van der Waals surface area contributed by atoms with Crippen LogP contribution in [0, 0.1) is 11.6 Å². The van der Waals surface area contributed by atoms with Crippen molar-refractivity contribution in [3.63, 3.8) is 0 Å². The van der Waals surface area contributed by atoms with Gasteiger partial charge in [0, 0.05) is 18.2 Å². The molecule has 0 aromatic heterocycles. The molecule has 0 heterocycles. The zero-order chi connectivity index (χ0) is 14.5. The van der Waals surface area contributed by atoms with E-state index in [0.29, 0.717) is 6.54 Å². The van der Waals surface area contributed by atoms with Crippen LogP contribution in [0.15, 0.2) is 48.5 Å². The normalized spacial score (nSPS) is 14.0. The predicted octanol–water partition coefficient (Wildman–Crippen LogP) is 3.18. The van der Waals surface area contributed by atoms with Crippen molar-refractivity contribution in [2.45, 2.75) is 25.6 Å². The van der Waals surface area contributed by atoms with Gasteiger partial charge in [-0.1, -0.05) is 30.3 Å². The first-order valence-corrected chi connectivity index (χ1v) is 6.48. The van der Waals surface area contributed by atoms with Crippen LogP contribution in [0.2, 0.25) is 0 Å². The Morgan fingerprint density at radius 2 is 1.80 bits per heavy atom. The van der Waals surface area contributed by atoms with Gasteiger partial charge in [0.15, 0.2) is 0 Å². The molecule has 0 saturated heterocycles. The van der Waals surface area contributed by atoms with E-state index >= 15 is 0 Å². The van der Waals surface area contributed by atoms with Gasteiger partial charge in [-0.15, -0.1) is 0 Å². The van der Waals surface area contributed by atoms with Gasteiger partial charge in [-0.05, 0) is 30.7 Å². The van der Waals surface area contributed by atoms with Crippen molar-refractivity contribution in [1.29, 1.82) is 0 Å². The van der Waals surface area contributed by atoms with E-state index < -0.39 is 23.8 Å². The number of nitrogens with one attached hydrogen (secondary N) is 1. The van der Waals surface area contributed by atoms with Crippen LogP contribution in [0.25, 0.3) is 0 Å². The summed E-state index contributed by atoms with van der Waals surface area (Å²) in [6.07, 6.45) is -1.10. The molecule has 2 unspecified atom stereocenters. The standard InChI is InChI=1S/C16H17F2NO/c1-11(19-10-12-5-3-2-4-6-12)16(20)14-9-13(17)7-8-15(14)18/h2-9,11,16,19-20H,10H2,1H3. The fraction of sp³-hybridized carbons (Fsp3) is 0.250. The van der Waals surface area contributed by atoms with E-state index in [4.69, 9.17) is 0 Å². The van der Waals surface area contributed by atoms with E-state index in [1.54, 1.807) is 6.92 Å². The van der Waals surface area contributed by atoms with Crippen LogP contribution in [0.3, 0.4) is 0 Å². The molecule has 0 fully saturated rings. The monoisotopic (exact) mass is 277 g/mol. The lowest BCUT2D eigenvalue weighted by Crippen LogP contribution is -2.32. The number of hydrogen-bond donors (Lipinski definition) is 2. The van der Waals surface area contributed by atoms with E-state index in [1.165, 1.54) is 0 Å². The molecule has 20 heavy (non-hydrogen) atoms. The molecule has 106 valence electrons. The maximum atomic E-state index is 13.6. The second-order valence-corrected chi connectivity index (χ2v) is 4.77. The topological polar surface area (TPSA) is 32.3 Å². The fourth-order valence-electron chi connectivity index (χ4n) is 2.00. The molecular weight excluding hydrogens is 260 g/mol. The number of aliphatic hydroxyl groups excluding tert-OH is 1. The molecule has 2 rings (SSSR count). The third kappa shape index (κ3) is 3.62. The van der Waals surface area contributed by atoms with E-state index in [-0.39, 0.29) is 5.56 Å². The third-order valence-electron chi connectivity index (χ3n) is 3.22. The smallest absolute Gasteiger partial charge is 0.129 e. The number of aliphatic hydroxyl groups is 1. The summed E-state index contributed by atoms with van der Waals surface area (Å²) in [6, 6.07) is 12.4. The zero-order valence-corrected chi connectivity index (χ0v) is 11.2. The minimum Gasteiger partial charge on any atom is -0.387 e. The Bertz CT molecular complexity index is 560. The highest BCUT2D eigenvalue weighted by Crippen LogP contribution is 2.21. The Kier molecular flexibility index (Phi) is 4.82. The van der Waals surface area contributed by atoms with E-state index in [9.17, 15) is 13.9 Å². The minimum absolute atomic E-state index is 0.0296. The molecule has 2 aromatic carbocycles. The number of halogens is 2. The average Bonchev–Trinajstić information content (AvgIpc) is 2.47. The molecule has 0 amide bonds. The summed E-state index contributed by atoms with van der Waals surface area (Å²) in [5, 5.41) is 13.2. The summed E-state index contributed by atoms with van der Waals surface area (Å²) < 4.78 is 26.7. The molecule has 2 atom stereocenters. The fourth-order valence-corrected chi connectivity index (χ4v) is 2.00. The van der Waals surface area contributed by atoms with Gasteiger partial charge in [-0.3, -0.25) is 0 Å². The second-order valence-electron chi connectivity index (χ2n) is 4.77. The number of hydrogen-bond acceptors (Lipinski definition) is 2.